The number of carbonyl (C=O) groups excluding carboxylic acids is 1. The molecule has 0 saturated carbocycles. The SMILES string of the molecule is CC(C)(Br)C(=O)NCc1ccc(S(C)(=O)=O)cc1. The minimum atomic E-state index is -3.17. The molecule has 1 rings (SSSR count). The Morgan fingerprint density at radius 3 is 2.17 bits per heavy atom. The summed E-state index contributed by atoms with van der Waals surface area (Å²) in [5.74, 6) is -0.116. The molecule has 1 aromatic rings. The molecule has 0 unspecified atom stereocenters. The topological polar surface area (TPSA) is 63.2 Å². The van der Waals surface area contributed by atoms with E-state index in [4.69, 9.17) is 0 Å². The summed E-state index contributed by atoms with van der Waals surface area (Å²) >= 11 is 3.26. The normalized spacial score (nSPS) is 12.2. The second-order valence-electron chi connectivity index (χ2n) is 4.57. The van der Waals surface area contributed by atoms with Gasteiger partial charge in [0.05, 0.1) is 9.22 Å². The van der Waals surface area contributed by atoms with Gasteiger partial charge in [-0.05, 0) is 31.5 Å². The summed E-state index contributed by atoms with van der Waals surface area (Å²) in [6, 6.07) is 6.46. The average molecular weight is 334 g/mol. The predicted molar refractivity (Wildman–Crippen MR) is 74.4 cm³/mol. The fourth-order valence-corrected chi connectivity index (χ4v) is 2.02. The smallest absolute Gasteiger partial charge is 0.236 e. The van der Waals surface area contributed by atoms with Crippen molar-refractivity contribution in [2.45, 2.75) is 29.6 Å². The molecule has 4 nitrogen and oxygen atoms in total. The van der Waals surface area contributed by atoms with Gasteiger partial charge < -0.3 is 5.32 Å². The molecule has 0 aliphatic rings. The van der Waals surface area contributed by atoms with Crippen LogP contribution in [0.15, 0.2) is 29.2 Å². The van der Waals surface area contributed by atoms with Crippen LogP contribution in [0.5, 0.6) is 0 Å². The highest BCUT2D eigenvalue weighted by Gasteiger charge is 2.22. The molecule has 6 heteroatoms. The van der Waals surface area contributed by atoms with Gasteiger partial charge in [-0.25, -0.2) is 8.42 Å². The Balaban J connectivity index is 2.69. The van der Waals surface area contributed by atoms with E-state index in [0.717, 1.165) is 11.8 Å². The second-order valence-corrected chi connectivity index (χ2v) is 8.57. The van der Waals surface area contributed by atoms with E-state index < -0.39 is 14.2 Å². The van der Waals surface area contributed by atoms with Crippen molar-refractivity contribution >= 4 is 31.7 Å². The molecular formula is C12H16BrNO3S. The summed E-state index contributed by atoms with van der Waals surface area (Å²) in [6.45, 7) is 3.89. The Hall–Kier alpha value is -0.880. The number of carbonyl (C=O) groups is 1. The summed E-state index contributed by atoms with van der Waals surface area (Å²) in [6.07, 6.45) is 1.16. The second kappa shape index (κ2) is 5.40. The van der Waals surface area contributed by atoms with E-state index in [0.29, 0.717) is 6.54 Å². The third kappa shape index (κ3) is 4.42. The van der Waals surface area contributed by atoms with E-state index >= 15 is 0 Å². The van der Waals surface area contributed by atoms with Gasteiger partial charge in [-0.3, -0.25) is 4.79 Å². The van der Waals surface area contributed by atoms with Gasteiger partial charge in [0.2, 0.25) is 5.91 Å². The molecule has 0 spiro atoms. The quantitative estimate of drug-likeness (QED) is 0.855. The van der Waals surface area contributed by atoms with Crippen LogP contribution in [0, 0.1) is 0 Å². The van der Waals surface area contributed by atoms with E-state index in [9.17, 15) is 13.2 Å². The minimum Gasteiger partial charge on any atom is -0.351 e. The lowest BCUT2D eigenvalue weighted by atomic mass is 10.2. The molecule has 18 heavy (non-hydrogen) atoms. The standard InChI is InChI=1S/C12H16BrNO3S/c1-12(2,13)11(15)14-8-9-4-6-10(7-5-9)18(3,16)17/h4-7H,8H2,1-3H3,(H,14,15). The van der Waals surface area contributed by atoms with Crippen molar-refractivity contribution in [2.24, 2.45) is 0 Å². The third-order valence-corrected chi connectivity index (χ3v) is 3.83. The number of alkyl halides is 1. The summed E-state index contributed by atoms with van der Waals surface area (Å²) in [5.41, 5.74) is 0.854. The molecule has 0 atom stereocenters. The molecule has 0 aromatic heterocycles. The highest BCUT2D eigenvalue weighted by molar-refractivity contribution is 9.10. The van der Waals surface area contributed by atoms with Crippen molar-refractivity contribution in [1.82, 2.24) is 5.32 Å². The van der Waals surface area contributed by atoms with Crippen LogP contribution in [0.1, 0.15) is 19.4 Å². The summed E-state index contributed by atoms with van der Waals surface area (Å²) in [4.78, 5) is 11.9. The Kier molecular flexibility index (Phi) is 4.55. The van der Waals surface area contributed by atoms with E-state index in [1.165, 1.54) is 12.1 Å². The molecular weight excluding hydrogens is 318 g/mol. The third-order valence-electron chi connectivity index (χ3n) is 2.34. The molecule has 0 saturated heterocycles. The molecule has 0 bridgehead atoms. The van der Waals surface area contributed by atoms with E-state index in [2.05, 4.69) is 21.2 Å². The van der Waals surface area contributed by atoms with Gasteiger partial charge in [-0.1, -0.05) is 28.1 Å². The van der Waals surface area contributed by atoms with Gasteiger partial charge in [0.1, 0.15) is 0 Å². The molecule has 0 fully saturated rings. The highest BCUT2D eigenvalue weighted by atomic mass is 79.9. The van der Waals surface area contributed by atoms with E-state index in [1.54, 1.807) is 26.0 Å². The van der Waals surface area contributed by atoms with Crippen molar-refractivity contribution in [1.29, 1.82) is 0 Å². The van der Waals surface area contributed by atoms with E-state index in [-0.39, 0.29) is 10.8 Å². The Labute approximate surface area is 116 Å². The first-order chi connectivity index (χ1) is 8.10. The van der Waals surface area contributed by atoms with Gasteiger partial charge in [0, 0.05) is 12.8 Å². The van der Waals surface area contributed by atoms with Crippen LogP contribution in [0.2, 0.25) is 0 Å². The largest absolute Gasteiger partial charge is 0.351 e. The van der Waals surface area contributed by atoms with Gasteiger partial charge in [0.15, 0.2) is 9.84 Å². The van der Waals surface area contributed by atoms with Gasteiger partial charge in [0.25, 0.3) is 0 Å². The van der Waals surface area contributed by atoms with Crippen molar-refractivity contribution in [3.63, 3.8) is 0 Å². The van der Waals surface area contributed by atoms with Gasteiger partial charge in [-0.15, -0.1) is 0 Å². The Bertz CT molecular complexity index is 529. The lowest BCUT2D eigenvalue weighted by molar-refractivity contribution is -0.122. The van der Waals surface area contributed by atoms with Gasteiger partial charge >= 0.3 is 0 Å². The summed E-state index contributed by atoms with van der Waals surface area (Å²) < 4.78 is 21.9. The first-order valence-electron chi connectivity index (χ1n) is 5.37. The summed E-state index contributed by atoms with van der Waals surface area (Å²) in [5, 5.41) is 2.76. The van der Waals surface area contributed by atoms with Crippen LogP contribution in [0.4, 0.5) is 0 Å². The molecule has 1 N–H and O–H groups in total. The maximum Gasteiger partial charge on any atom is 0.236 e. The minimum absolute atomic E-state index is 0.116. The molecule has 0 aliphatic heterocycles. The zero-order chi connectivity index (χ0) is 14.0. The molecule has 1 amide bonds. The number of halogens is 1. The zero-order valence-corrected chi connectivity index (χ0v) is 12.9. The molecule has 0 radical (unpaired) electrons. The fourth-order valence-electron chi connectivity index (χ4n) is 1.25. The number of hydrogen-bond acceptors (Lipinski definition) is 3. The summed E-state index contributed by atoms with van der Waals surface area (Å²) in [7, 11) is -3.17. The number of hydrogen-bond donors (Lipinski definition) is 1. The average Bonchev–Trinajstić information content (AvgIpc) is 2.24. The lowest BCUT2D eigenvalue weighted by Gasteiger charge is -2.15. The maximum atomic E-state index is 11.6. The maximum absolute atomic E-state index is 11.6. The van der Waals surface area contributed by atoms with Crippen molar-refractivity contribution in [3.8, 4) is 0 Å². The molecule has 100 valence electrons. The Morgan fingerprint density at radius 1 is 1.28 bits per heavy atom. The van der Waals surface area contributed by atoms with Gasteiger partial charge in [-0.2, -0.15) is 0 Å². The fraction of sp³-hybridized carbons (Fsp3) is 0.417. The number of rotatable bonds is 4. The van der Waals surface area contributed by atoms with Crippen LogP contribution < -0.4 is 5.32 Å². The monoisotopic (exact) mass is 333 g/mol. The molecule has 1 aromatic carbocycles. The van der Waals surface area contributed by atoms with Crippen LogP contribution in [-0.4, -0.2) is 24.9 Å². The number of benzene rings is 1. The van der Waals surface area contributed by atoms with Crippen molar-refractivity contribution < 1.29 is 13.2 Å². The van der Waals surface area contributed by atoms with Crippen molar-refractivity contribution in [2.75, 3.05) is 6.26 Å². The van der Waals surface area contributed by atoms with Crippen LogP contribution in [-0.2, 0) is 21.2 Å². The lowest BCUT2D eigenvalue weighted by Crippen LogP contribution is -2.37. The number of amides is 1. The Morgan fingerprint density at radius 2 is 1.78 bits per heavy atom. The highest BCUT2D eigenvalue weighted by Crippen LogP contribution is 2.16. The van der Waals surface area contributed by atoms with Crippen LogP contribution in [0.3, 0.4) is 0 Å². The zero-order valence-electron chi connectivity index (χ0n) is 10.5. The predicted octanol–water partition coefficient (Wildman–Crippen LogP) is 1.88. The first-order valence-corrected chi connectivity index (χ1v) is 8.05. The molecule has 0 heterocycles. The molecule has 0 aliphatic carbocycles. The first kappa shape index (κ1) is 15.2. The van der Waals surface area contributed by atoms with Crippen LogP contribution in [0.25, 0.3) is 0 Å². The van der Waals surface area contributed by atoms with E-state index in [1.807, 2.05) is 0 Å². The number of nitrogens with one attached hydrogen (secondary N) is 1. The van der Waals surface area contributed by atoms with Crippen LogP contribution >= 0.6 is 15.9 Å². The number of sulfone groups is 1. The van der Waals surface area contributed by atoms with Crippen molar-refractivity contribution in [3.05, 3.63) is 29.8 Å².